The molecule has 0 aliphatic carbocycles. The highest BCUT2D eigenvalue weighted by Crippen LogP contribution is 2.41. The maximum Gasteiger partial charge on any atom is 0.166 e. The molecule has 0 unspecified atom stereocenters. The Hall–Kier alpha value is -7.43. The lowest BCUT2D eigenvalue weighted by molar-refractivity contribution is 1.06. The number of fused-ring (bicyclic) bond motifs is 3. The second-order valence-corrected chi connectivity index (χ2v) is 13.0. The van der Waals surface area contributed by atoms with E-state index in [0.717, 1.165) is 33.4 Å². The second-order valence-electron chi connectivity index (χ2n) is 13.0. The maximum atomic E-state index is 9.40. The molecule has 0 spiro atoms. The summed E-state index contributed by atoms with van der Waals surface area (Å²) >= 11 is 0. The van der Waals surface area contributed by atoms with Crippen molar-refractivity contribution >= 4 is 21.8 Å². The van der Waals surface area contributed by atoms with E-state index >= 15 is 0 Å². The average molecular weight is 712 g/mol. The predicted molar refractivity (Wildman–Crippen MR) is 227 cm³/mol. The third-order valence-electron chi connectivity index (χ3n) is 9.65. The molecular formula is C51H34N4. The van der Waals surface area contributed by atoms with Gasteiger partial charge >= 0.3 is 0 Å². The topological polar surface area (TPSA) is 43.6 Å². The molecule has 10 rings (SSSR count). The summed E-state index contributed by atoms with van der Waals surface area (Å²) in [6.45, 7) is 0. The summed E-state index contributed by atoms with van der Waals surface area (Å²) in [5.41, 5.74) is 6.72. The van der Waals surface area contributed by atoms with Crippen molar-refractivity contribution in [3.63, 3.8) is 0 Å². The minimum absolute atomic E-state index is 0.0444. The van der Waals surface area contributed by atoms with Crippen molar-refractivity contribution < 1.29 is 12.3 Å². The first-order chi connectivity index (χ1) is 31.0. The van der Waals surface area contributed by atoms with Gasteiger partial charge in [-0.1, -0.05) is 176 Å². The summed E-state index contributed by atoms with van der Waals surface area (Å²) in [7, 11) is 0. The number of rotatable bonds is 7. The van der Waals surface area contributed by atoms with Crippen LogP contribution in [0.15, 0.2) is 206 Å². The summed E-state index contributed by atoms with van der Waals surface area (Å²) in [5, 5.41) is 0.417. The van der Waals surface area contributed by atoms with Crippen LogP contribution in [0.2, 0.25) is 0 Å². The average Bonchev–Trinajstić information content (AvgIpc) is 3.68. The van der Waals surface area contributed by atoms with E-state index in [0.29, 0.717) is 34.2 Å². The number of aromatic nitrogens is 4. The SMILES string of the molecule is [2H]c1cc(-c2c([2H])c([2H])c([2H])c([2H])c2[2H])c2c3c([2H])c([2H])cc([2H])c3n(-c3ccc(-c4ccccc4)cc3-c3nc(-c4ccccc4)nc(-c4cccc(-c5ccccc5)c4)n3)c2c1. The highest BCUT2D eigenvalue weighted by molar-refractivity contribution is 6.16. The monoisotopic (exact) mass is 711 g/mol. The van der Waals surface area contributed by atoms with E-state index in [1.54, 1.807) is 10.6 Å². The minimum Gasteiger partial charge on any atom is -0.308 e. The van der Waals surface area contributed by atoms with Crippen LogP contribution in [0.3, 0.4) is 0 Å². The van der Waals surface area contributed by atoms with E-state index in [2.05, 4.69) is 0 Å². The molecule has 10 aromatic rings. The number of hydrogen-bond donors (Lipinski definition) is 0. The quantitative estimate of drug-likeness (QED) is 0.165. The molecule has 0 saturated heterocycles. The van der Waals surface area contributed by atoms with Gasteiger partial charge in [0.2, 0.25) is 0 Å². The van der Waals surface area contributed by atoms with Gasteiger partial charge in [0, 0.05) is 27.5 Å². The maximum absolute atomic E-state index is 9.40. The van der Waals surface area contributed by atoms with Gasteiger partial charge < -0.3 is 4.57 Å². The molecule has 0 amide bonds. The standard InChI is InChI=1S/C51H34N4/c1-5-17-35(18-6-1)39-25-15-26-41(33-39)50-52-49(38-23-11-4-12-24-38)53-51(54-50)44-34-40(36-19-7-2-8-20-36)31-32-46(44)55-45-29-14-13-27-43(45)48-42(28-16-30-47(48)55)37-21-9-3-10-22-37/h1-34H/i3D,9D,10D,13D,16D,21D,22D,27D,29D. The zero-order chi connectivity index (χ0) is 44.4. The Morgan fingerprint density at radius 1 is 0.364 bits per heavy atom. The zero-order valence-electron chi connectivity index (χ0n) is 38.2. The summed E-state index contributed by atoms with van der Waals surface area (Å²) in [4.78, 5) is 15.4. The van der Waals surface area contributed by atoms with Crippen molar-refractivity contribution in [2.45, 2.75) is 0 Å². The van der Waals surface area contributed by atoms with Gasteiger partial charge in [0.1, 0.15) is 0 Å². The third kappa shape index (κ3) is 5.96. The van der Waals surface area contributed by atoms with Gasteiger partial charge in [-0.2, -0.15) is 0 Å². The molecule has 0 saturated carbocycles. The van der Waals surface area contributed by atoms with Crippen molar-refractivity contribution in [2.24, 2.45) is 0 Å². The van der Waals surface area contributed by atoms with Crippen molar-refractivity contribution in [3.05, 3.63) is 206 Å². The number of benzene rings is 8. The van der Waals surface area contributed by atoms with Crippen LogP contribution in [0.1, 0.15) is 12.3 Å². The molecule has 0 fully saturated rings. The van der Waals surface area contributed by atoms with Crippen LogP contribution in [0.4, 0.5) is 0 Å². The molecule has 0 N–H and O–H groups in total. The fraction of sp³-hybridized carbons (Fsp3) is 0. The van der Waals surface area contributed by atoms with Crippen molar-refractivity contribution in [1.29, 1.82) is 0 Å². The van der Waals surface area contributed by atoms with Crippen molar-refractivity contribution in [2.75, 3.05) is 0 Å². The molecular weight excluding hydrogens is 669 g/mol. The van der Waals surface area contributed by atoms with E-state index < -0.39 is 30.2 Å². The Morgan fingerprint density at radius 3 is 1.71 bits per heavy atom. The Kier molecular flexibility index (Phi) is 6.04. The van der Waals surface area contributed by atoms with Crippen molar-refractivity contribution in [3.8, 4) is 73.2 Å². The summed E-state index contributed by atoms with van der Waals surface area (Å²) in [5.74, 6) is 1.11. The predicted octanol–water partition coefficient (Wildman–Crippen LogP) is 13.0. The normalized spacial score (nSPS) is 13.6. The van der Waals surface area contributed by atoms with Gasteiger partial charge in [0.25, 0.3) is 0 Å². The minimum atomic E-state index is -0.566. The van der Waals surface area contributed by atoms with Crippen LogP contribution in [0.25, 0.3) is 95.0 Å². The van der Waals surface area contributed by atoms with Gasteiger partial charge in [-0.25, -0.2) is 15.0 Å². The molecule has 2 aromatic heterocycles. The van der Waals surface area contributed by atoms with E-state index in [-0.39, 0.29) is 51.6 Å². The van der Waals surface area contributed by atoms with E-state index in [4.69, 9.17) is 24.5 Å². The van der Waals surface area contributed by atoms with Gasteiger partial charge in [-0.3, -0.25) is 0 Å². The molecule has 0 aliphatic heterocycles. The Labute approximate surface area is 332 Å². The summed E-state index contributed by atoms with van der Waals surface area (Å²) < 4.78 is 81.5. The largest absolute Gasteiger partial charge is 0.308 e. The molecule has 0 bridgehead atoms. The van der Waals surface area contributed by atoms with Gasteiger partial charge in [-0.05, 0) is 63.7 Å². The summed E-state index contributed by atoms with van der Waals surface area (Å²) in [6.07, 6.45) is 0. The van der Waals surface area contributed by atoms with Gasteiger partial charge in [-0.15, -0.1) is 0 Å². The Morgan fingerprint density at radius 2 is 0.982 bits per heavy atom. The van der Waals surface area contributed by atoms with Gasteiger partial charge in [0.15, 0.2) is 17.5 Å². The second kappa shape index (κ2) is 13.8. The molecule has 8 aromatic carbocycles. The lowest BCUT2D eigenvalue weighted by atomic mass is 9.99. The highest BCUT2D eigenvalue weighted by atomic mass is 15.1. The van der Waals surface area contributed by atoms with E-state index in [1.165, 1.54) is 12.1 Å². The molecule has 0 aliphatic rings. The van der Waals surface area contributed by atoms with E-state index in [9.17, 15) is 2.74 Å². The van der Waals surface area contributed by atoms with Crippen molar-refractivity contribution in [1.82, 2.24) is 19.5 Å². The van der Waals surface area contributed by atoms with Crippen LogP contribution in [-0.4, -0.2) is 19.5 Å². The van der Waals surface area contributed by atoms with Crippen LogP contribution in [0, 0.1) is 0 Å². The smallest absolute Gasteiger partial charge is 0.166 e. The molecule has 0 atom stereocenters. The first kappa shape index (κ1) is 24.0. The number of nitrogens with zero attached hydrogens (tertiary/aromatic N) is 4. The first-order valence-corrected chi connectivity index (χ1v) is 17.8. The molecule has 0 radical (unpaired) electrons. The molecule has 258 valence electrons. The fourth-order valence-electron chi connectivity index (χ4n) is 7.11. The fourth-order valence-corrected chi connectivity index (χ4v) is 7.11. The van der Waals surface area contributed by atoms with Crippen LogP contribution in [-0.2, 0) is 0 Å². The zero-order valence-corrected chi connectivity index (χ0v) is 29.2. The van der Waals surface area contributed by atoms with Crippen LogP contribution >= 0.6 is 0 Å². The molecule has 4 heteroatoms. The highest BCUT2D eigenvalue weighted by Gasteiger charge is 2.22. The Bertz CT molecular complexity index is 3460. The first-order valence-electron chi connectivity index (χ1n) is 22.3. The Balaban J connectivity index is 1.33. The lowest BCUT2D eigenvalue weighted by Crippen LogP contribution is -2.04. The summed E-state index contributed by atoms with van der Waals surface area (Å²) in [6, 6.07) is 44.2. The number of para-hydroxylation sites is 1. The number of hydrogen-bond acceptors (Lipinski definition) is 3. The van der Waals surface area contributed by atoms with Crippen LogP contribution < -0.4 is 0 Å². The molecule has 2 heterocycles. The van der Waals surface area contributed by atoms with E-state index in [1.807, 2.05) is 133 Å². The molecule has 55 heavy (non-hydrogen) atoms. The van der Waals surface area contributed by atoms with Gasteiger partial charge in [0.05, 0.1) is 29.1 Å². The lowest BCUT2D eigenvalue weighted by Gasteiger charge is -2.16. The van der Waals surface area contributed by atoms with Crippen LogP contribution in [0.5, 0.6) is 0 Å². The molecule has 4 nitrogen and oxygen atoms in total. The third-order valence-corrected chi connectivity index (χ3v) is 9.65.